The number of aryl methyl sites for hydroxylation is 2. The minimum atomic E-state index is -0.684. The van der Waals surface area contributed by atoms with Crippen LogP contribution in [0.3, 0.4) is 0 Å². The first-order chi connectivity index (χ1) is 10.5. The monoisotopic (exact) mass is 314 g/mol. The number of hydrogen-bond acceptors (Lipinski definition) is 3. The Kier molecular flexibility index (Phi) is 5.22. The van der Waals surface area contributed by atoms with Crippen molar-refractivity contribution in [2.75, 3.05) is 16.9 Å². The first-order valence-electron chi connectivity index (χ1n) is 6.83. The molecule has 2 amide bonds. The van der Waals surface area contributed by atoms with E-state index in [-0.39, 0.29) is 0 Å². The normalized spacial score (nSPS) is 10.1. The van der Waals surface area contributed by atoms with Gasteiger partial charge in [-0.05, 0) is 61.6 Å². The van der Waals surface area contributed by atoms with E-state index in [0.29, 0.717) is 11.4 Å². The summed E-state index contributed by atoms with van der Waals surface area (Å²) in [7, 11) is 0. The average molecular weight is 314 g/mol. The van der Waals surface area contributed by atoms with Crippen LogP contribution in [0.1, 0.15) is 11.1 Å². The van der Waals surface area contributed by atoms with Gasteiger partial charge in [-0.3, -0.25) is 9.59 Å². The fourth-order valence-corrected chi connectivity index (χ4v) is 2.36. The Balaban J connectivity index is 2.02. The standard InChI is InChI=1S/C17H18N2O2S/c1-11-7-8-14(9-12(11)2)19-17(21)16(20)18-13-5-4-6-15(10-13)22-3/h4-10H,1-3H3,(H,18,20)(H,19,21). The van der Waals surface area contributed by atoms with Crippen LogP contribution in [0.5, 0.6) is 0 Å². The Bertz CT molecular complexity index is 714. The molecular formula is C17H18N2O2S. The number of carbonyl (C=O) groups excluding carboxylic acids is 2. The third-order valence-corrected chi connectivity index (χ3v) is 4.02. The molecule has 0 bridgehead atoms. The van der Waals surface area contributed by atoms with E-state index >= 15 is 0 Å². The lowest BCUT2D eigenvalue weighted by Gasteiger charge is -2.09. The Morgan fingerprint density at radius 1 is 0.864 bits per heavy atom. The van der Waals surface area contributed by atoms with Crippen molar-refractivity contribution in [2.24, 2.45) is 0 Å². The topological polar surface area (TPSA) is 58.2 Å². The first-order valence-corrected chi connectivity index (χ1v) is 8.05. The zero-order valence-corrected chi connectivity index (χ0v) is 13.6. The minimum absolute atomic E-state index is 0.604. The van der Waals surface area contributed by atoms with Gasteiger partial charge in [0, 0.05) is 16.3 Å². The maximum atomic E-state index is 11.9. The van der Waals surface area contributed by atoms with Crippen molar-refractivity contribution in [3.05, 3.63) is 53.6 Å². The molecule has 0 aliphatic heterocycles. The summed E-state index contributed by atoms with van der Waals surface area (Å²) in [6, 6.07) is 12.9. The predicted molar refractivity (Wildman–Crippen MR) is 91.4 cm³/mol. The van der Waals surface area contributed by atoms with Crippen LogP contribution in [-0.2, 0) is 9.59 Å². The van der Waals surface area contributed by atoms with Crippen molar-refractivity contribution in [2.45, 2.75) is 18.7 Å². The highest BCUT2D eigenvalue weighted by atomic mass is 32.2. The van der Waals surface area contributed by atoms with Crippen molar-refractivity contribution >= 4 is 35.0 Å². The fourth-order valence-electron chi connectivity index (χ4n) is 1.90. The molecule has 0 radical (unpaired) electrons. The molecule has 2 aromatic rings. The van der Waals surface area contributed by atoms with Crippen LogP contribution >= 0.6 is 11.8 Å². The van der Waals surface area contributed by atoms with Gasteiger partial charge in [-0.2, -0.15) is 0 Å². The fraction of sp³-hybridized carbons (Fsp3) is 0.176. The number of thioether (sulfide) groups is 1. The van der Waals surface area contributed by atoms with Gasteiger partial charge in [0.1, 0.15) is 0 Å². The summed E-state index contributed by atoms with van der Waals surface area (Å²) in [5.74, 6) is -1.37. The summed E-state index contributed by atoms with van der Waals surface area (Å²) in [5.41, 5.74) is 3.41. The van der Waals surface area contributed by atoms with Crippen molar-refractivity contribution in [3.63, 3.8) is 0 Å². The number of amides is 2. The SMILES string of the molecule is CSc1cccc(NC(=O)C(=O)Nc2ccc(C)c(C)c2)c1. The van der Waals surface area contributed by atoms with E-state index in [2.05, 4.69) is 10.6 Å². The predicted octanol–water partition coefficient (Wildman–Crippen LogP) is 3.60. The lowest BCUT2D eigenvalue weighted by molar-refractivity contribution is -0.133. The second-order valence-electron chi connectivity index (χ2n) is 4.94. The van der Waals surface area contributed by atoms with Crippen molar-refractivity contribution in [1.82, 2.24) is 0 Å². The summed E-state index contributed by atoms with van der Waals surface area (Å²) in [5, 5.41) is 5.20. The highest BCUT2D eigenvalue weighted by Crippen LogP contribution is 2.19. The lowest BCUT2D eigenvalue weighted by Crippen LogP contribution is -2.29. The highest BCUT2D eigenvalue weighted by Gasteiger charge is 2.14. The maximum absolute atomic E-state index is 11.9. The van der Waals surface area contributed by atoms with Crippen LogP contribution in [0.25, 0.3) is 0 Å². The lowest BCUT2D eigenvalue weighted by atomic mass is 10.1. The van der Waals surface area contributed by atoms with E-state index in [1.54, 1.807) is 23.9 Å². The van der Waals surface area contributed by atoms with E-state index in [4.69, 9.17) is 0 Å². The van der Waals surface area contributed by atoms with Gasteiger partial charge in [0.25, 0.3) is 0 Å². The molecule has 0 unspecified atom stereocenters. The average Bonchev–Trinajstić information content (AvgIpc) is 2.51. The highest BCUT2D eigenvalue weighted by molar-refractivity contribution is 7.98. The number of rotatable bonds is 3. The van der Waals surface area contributed by atoms with E-state index in [0.717, 1.165) is 16.0 Å². The summed E-state index contributed by atoms with van der Waals surface area (Å²) < 4.78 is 0. The summed E-state index contributed by atoms with van der Waals surface area (Å²) in [6.07, 6.45) is 1.95. The van der Waals surface area contributed by atoms with Gasteiger partial charge in [0.05, 0.1) is 0 Å². The quantitative estimate of drug-likeness (QED) is 0.672. The smallest absolute Gasteiger partial charge is 0.314 e. The maximum Gasteiger partial charge on any atom is 0.314 e. The molecule has 0 aromatic heterocycles. The molecule has 2 aromatic carbocycles. The Labute approximate surface area is 134 Å². The number of benzene rings is 2. The van der Waals surface area contributed by atoms with Crippen molar-refractivity contribution in [3.8, 4) is 0 Å². The van der Waals surface area contributed by atoms with Gasteiger partial charge in [-0.15, -0.1) is 11.8 Å². The van der Waals surface area contributed by atoms with Crippen LogP contribution in [0.4, 0.5) is 11.4 Å². The zero-order valence-electron chi connectivity index (χ0n) is 12.8. The van der Waals surface area contributed by atoms with Crippen molar-refractivity contribution < 1.29 is 9.59 Å². The molecule has 22 heavy (non-hydrogen) atoms. The number of nitrogens with one attached hydrogen (secondary N) is 2. The molecule has 2 N–H and O–H groups in total. The molecule has 4 nitrogen and oxygen atoms in total. The molecule has 0 saturated carbocycles. The molecule has 0 aliphatic rings. The number of hydrogen-bond donors (Lipinski definition) is 2. The molecule has 114 valence electrons. The number of carbonyl (C=O) groups is 2. The molecule has 0 saturated heterocycles. The van der Waals surface area contributed by atoms with Gasteiger partial charge in [-0.1, -0.05) is 12.1 Å². The Morgan fingerprint density at radius 3 is 2.09 bits per heavy atom. The van der Waals surface area contributed by atoms with Gasteiger partial charge in [0.15, 0.2) is 0 Å². The third kappa shape index (κ3) is 4.11. The summed E-state index contributed by atoms with van der Waals surface area (Å²) in [4.78, 5) is 24.9. The molecule has 2 rings (SSSR count). The van der Waals surface area contributed by atoms with Crippen LogP contribution in [0, 0.1) is 13.8 Å². The summed E-state index contributed by atoms with van der Waals surface area (Å²) in [6.45, 7) is 3.95. The summed E-state index contributed by atoms with van der Waals surface area (Å²) >= 11 is 1.57. The van der Waals surface area contributed by atoms with Gasteiger partial charge >= 0.3 is 11.8 Å². The van der Waals surface area contributed by atoms with Crippen LogP contribution in [0.2, 0.25) is 0 Å². The third-order valence-electron chi connectivity index (χ3n) is 3.30. The molecule has 0 atom stereocenters. The molecule has 0 aliphatic carbocycles. The Hall–Kier alpha value is -2.27. The van der Waals surface area contributed by atoms with Crippen LogP contribution < -0.4 is 10.6 Å². The van der Waals surface area contributed by atoms with E-state index in [9.17, 15) is 9.59 Å². The van der Waals surface area contributed by atoms with E-state index in [1.165, 1.54) is 0 Å². The molecule has 0 spiro atoms. The molecule has 0 heterocycles. The van der Waals surface area contributed by atoms with E-state index in [1.807, 2.05) is 50.4 Å². The van der Waals surface area contributed by atoms with Gasteiger partial charge in [-0.25, -0.2) is 0 Å². The molecule has 5 heteroatoms. The largest absolute Gasteiger partial charge is 0.318 e. The van der Waals surface area contributed by atoms with Gasteiger partial charge in [0.2, 0.25) is 0 Å². The Morgan fingerprint density at radius 2 is 1.50 bits per heavy atom. The number of anilines is 2. The molecular weight excluding hydrogens is 296 g/mol. The second-order valence-corrected chi connectivity index (χ2v) is 5.82. The molecule has 0 fully saturated rings. The second kappa shape index (κ2) is 7.13. The first kappa shape index (κ1) is 16.1. The van der Waals surface area contributed by atoms with E-state index < -0.39 is 11.8 Å². The van der Waals surface area contributed by atoms with Gasteiger partial charge < -0.3 is 10.6 Å². The van der Waals surface area contributed by atoms with Crippen molar-refractivity contribution in [1.29, 1.82) is 0 Å². The zero-order chi connectivity index (χ0) is 16.1. The van der Waals surface area contributed by atoms with Crippen LogP contribution in [0.15, 0.2) is 47.4 Å². The van der Waals surface area contributed by atoms with Crippen LogP contribution in [-0.4, -0.2) is 18.1 Å². The minimum Gasteiger partial charge on any atom is -0.318 e.